The normalized spacial score (nSPS) is 11.8. The highest BCUT2D eigenvalue weighted by molar-refractivity contribution is 7.84. The summed E-state index contributed by atoms with van der Waals surface area (Å²) in [5.41, 5.74) is -0.503. The first-order chi connectivity index (χ1) is 8.96. The van der Waals surface area contributed by atoms with E-state index >= 15 is 0 Å². The smallest absolute Gasteiger partial charge is 0.412 e. The number of hydrogen-bond acceptors (Lipinski definition) is 6. The second-order valence-electron chi connectivity index (χ2n) is 4.89. The summed E-state index contributed by atoms with van der Waals surface area (Å²) in [6.07, 6.45) is -0.732. The SMILES string of the molecule is CC(C)(C)OC(=O)Nc1ccc(O)c(OS(N)(=O)=O)c1. The van der Waals surface area contributed by atoms with Crippen LogP contribution in [0.1, 0.15) is 20.8 Å². The van der Waals surface area contributed by atoms with Crippen LogP contribution in [0.25, 0.3) is 0 Å². The lowest BCUT2D eigenvalue weighted by Crippen LogP contribution is -2.27. The Kier molecular flexibility index (Phi) is 4.46. The van der Waals surface area contributed by atoms with Crippen molar-refractivity contribution < 1.29 is 27.2 Å². The molecule has 0 atom stereocenters. The van der Waals surface area contributed by atoms with Gasteiger partial charge in [-0.2, -0.15) is 13.6 Å². The predicted molar refractivity (Wildman–Crippen MR) is 71.7 cm³/mol. The number of anilines is 1. The third-order valence-corrected chi connectivity index (χ3v) is 2.22. The lowest BCUT2D eigenvalue weighted by molar-refractivity contribution is 0.0636. The van der Waals surface area contributed by atoms with Crippen LogP contribution in [-0.2, 0) is 15.0 Å². The van der Waals surface area contributed by atoms with E-state index in [1.54, 1.807) is 20.8 Å². The molecule has 112 valence electrons. The molecule has 1 aromatic rings. The molecule has 9 heteroatoms. The van der Waals surface area contributed by atoms with E-state index < -0.39 is 33.5 Å². The molecule has 0 bridgehead atoms. The zero-order valence-electron chi connectivity index (χ0n) is 11.2. The van der Waals surface area contributed by atoms with Gasteiger partial charge in [0.25, 0.3) is 0 Å². The van der Waals surface area contributed by atoms with E-state index in [9.17, 15) is 18.3 Å². The number of phenolic OH excluding ortho intramolecular Hbond substituents is 1. The Labute approximate surface area is 116 Å². The van der Waals surface area contributed by atoms with Crippen molar-refractivity contribution in [3.63, 3.8) is 0 Å². The molecule has 0 aliphatic rings. The van der Waals surface area contributed by atoms with Crippen LogP contribution in [0.5, 0.6) is 11.5 Å². The van der Waals surface area contributed by atoms with Crippen LogP contribution in [0.15, 0.2) is 18.2 Å². The summed E-state index contributed by atoms with van der Waals surface area (Å²) in [6, 6.07) is 3.59. The quantitative estimate of drug-likeness (QED) is 0.722. The number of ether oxygens (including phenoxy) is 1. The van der Waals surface area contributed by atoms with Gasteiger partial charge in [0.2, 0.25) is 0 Å². The van der Waals surface area contributed by atoms with Crippen molar-refractivity contribution in [1.29, 1.82) is 0 Å². The molecule has 1 aromatic carbocycles. The van der Waals surface area contributed by atoms with E-state index in [-0.39, 0.29) is 5.69 Å². The second kappa shape index (κ2) is 5.55. The van der Waals surface area contributed by atoms with Gasteiger partial charge in [-0.25, -0.2) is 4.79 Å². The first-order valence-electron chi connectivity index (χ1n) is 5.51. The number of carbonyl (C=O) groups is 1. The van der Waals surface area contributed by atoms with Gasteiger partial charge < -0.3 is 14.0 Å². The van der Waals surface area contributed by atoms with Crippen molar-refractivity contribution in [2.45, 2.75) is 26.4 Å². The van der Waals surface area contributed by atoms with Crippen LogP contribution in [0, 0.1) is 0 Å². The Balaban J connectivity index is 2.88. The van der Waals surface area contributed by atoms with E-state index in [1.807, 2.05) is 0 Å². The molecule has 1 rings (SSSR count). The predicted octanol–water partition coefficient (Wildman–Crippen LogP) is 1.32. The molecule has 0 heterocycles. The van der Waals surface area contributed by atoms with E-state index in [1.165, 1.54) is 6.07 Å². The average Bonchev–Trinajstić information content (AvgIpc) is 2.18. The average molecular weight is 304 g/mol. The maximum Gasteiger partial charge on any atom is 0.412 e. The van der Waals surface area contributed by atoms with Crippen LogP contribution in [0.4, 0.5) is 10.5 Å². The maximum absolute atomic E-state index is 11.5. The molecule has 0 aromatic heterocycles. The van der Waals surface area contributed by atoms with Crippen LogP contribution in [0.2, 0.25) is 0 Å². The zero-order chi connectivity index (χ0) is 15.6. The standard InChI is InChI=1S/C11H16N2O6S/c1-11(2,3)18-10(15)13-7-4-5-8(14)9(6-7)19-20(12,16)17/h4-6,14H,1-3H3,(H,13,15)(H2,12,16,17). The van der Waals surface area contributed by atoms with E-state index in [4.69, 9.17) is 9.88 Å². The Bertz CT molecular complexity index is 606. The number of phenols is 1. The van der Waals surface area contributed by atoms with Gasteiger partial charge in [-0.3, -0.25) is 5.32 Å². The van der Waals surface area contributed by atoms with Crippen LogP contribution >= 0.6 is 0 Å². The lowest BCUT2D eigenvalue weighted by atomic mass is 10.2. The third-order valence-electron chi connectivity index (χ3n) is 1.81. The molecule has 0 unspecified atom stereocenters. The number of nitrogens with two attached hydrogens (primary N) is 1. The van der Waals surface area contributed by atoms with Crippen molar-refractivity contribution in [1.82, 2.24) is 0 Å². The minimum absolute atomic E-state index is 0.177. The largest absolute Gasteiger partial charge is 0.504 e. The molecule has 0 aliphatic heterocycles. The highest BCUT2D eigenvalue weighted by atomic mass is 32.2. The fourth-order valence-corrected chi connectivity index (χ4v) is 1.59. The number of rotatable bonds is 3. The highest BCUT2D eigenvalue weighted by Gasteiger charge is 2.17. The van der Waals surface area contributed by atoms with Crippen LogP contribution in [0.3, 0.4) is 0 Å². The van der Waals surface area contributed by atoms with E-state index in [2.05, 4.69) is 9.50 Å². The zero-order valence-corrected chi connectivity index (χ0v) is 12.0. The minimum atomic E-state index is -4.28. The summed E-state index contributed by atoms with van der Waals surface area (Å²) in [5, 5.41) is 16.5. The van der Waals surface area contributed by atoms with Crippen molar-refractivity contribution in [3.8, 4) is 11.5 Å². The van der Waals surface area contributed by atoms with Crippen molar-refractivity contribution in [2.24, 2.45) is 5.14 Å². The van der Waals surface area contributed by atoms with Gasteiger partial charge in [-0.05, 0) is 32.9 Å². The Morgan fingerprint density at radius 1 is 1.35 bits per heavy atom. The number of nitrogens with one attached hydrogen (secondary N) is 1. The Morgan fingerprint density at radius 3 is 2.45 bits per heavy atom. The summed E-state index contributed by atoms with van der Waals surface area (Å²) in [4.78, 5) is 11.5. The minimum Gasteiger partial charge on any atom is -0.504 e. The molecule has 0 radical (unpaired) electrons. The number of benzene rings is 1. The Hall–Kier alpha value is -2.00. The Morgan fingerprint density at radius 2 is 1.95 bits per heavy atom. The monoisotopic (exact) mass is 304 g/mol. The molecule has 1 amide bonds. The molecule has 8 nitrogen and oxygen atoms in total. The van der Waals surface area contributed by atoms with Crippen LogP contribution in [-0.4, -0.2) is 25.2 Å². The summed E-state index contributed by atoms with van der Waals surface area (Å²) >= 11 is 0. The number of hydrogen-bond donors (Lipinski definition) is 3. The fraction of sp³-hybridized carbons (Fsp3) is 0.364. The van der Waals surface area contributed by atoms with Crippen molar-refractivity contribution in [2.75, 3.05) is 5.32 Å². The maximum atomic E-state index is 11.5. The summed E-state index contributed by atoms with van der Waals surface area (Å²) < 4.78 is 31.0. The summed E-state index contributed by atoms with van der Waals surface area (Å²) in [5.74, 6) is -0.838. The molecule has 0 saturated heterocycles. The molecule has 0 aliphatic carbocycles. The van der Waals surface area contributed by atoms with Crippen molar-refractivity contribution >= 4 is 22.1 Å². The van der Waals surface area contributed by atoms with Gasteiger partial charge in [-0.15, -0.1) is 0 Å². The van der Waals surface area contributed by atoms with Crippen LogP contribution < -0.4 is 14.6 Å². The molecule has 20 heavy (non-hydrogen) atoms. The van der Waals surface area contributed by atoms with Gasteiger partial charge in [0, 0.05) is 11.8 Å². The summed E-state index contributed by atoms with van der Waals surface area (Å²) in [6.45, 7) is 5.08. The highest BCUT2D eigenvalue weighted by Crippen LogP contribution is 2.30. The van der Waals surface area contributed by atoms with Gasteiger partial charge in [0.05, 0.1) is 0 Å². The number of amides is 1. The molecule has 0 spiro atoms. The number of aromatic hydroxyl groups is 1. The number of carbonyl (C=O) groups excluding carboxylic acids is 1. The first-order valence-corrected chi connectivity index (χ1v) is 6.99. The first kappa shape index (κ1) is 16.1. The van der Waals surface area contributed by atoms with Gasteiger partial charge in [0.1, 0.15) is 5.60 Å². The van der Waals surface area contributed by atoms with Gasteiger partial charge in [-0.1, -0.05) is 0 Å². The van der Waals surface area contributed by atoms with E-state index in [0.717, 1.165) is 12.1 Å². The van der Waals surface area contributed by atoms with Gasteiger partial charge in [0.15, 0.2) is 11.5 Å². The molecule has 4 N–H and O–H groups in total. The van der Waals surface area contributed by atoms with E-state index in [0.29, 0.717) is 0 Å². The van der Waals surface area contributed by atoms with Crippen molar-refractivity contribution in [3.05, 3.63) is 18.2 Å². The molecular formula is C11H16N2O6S. The fourth-order valence-electron chi connectivity index (χ4n) is 1.21. The third kappa shape index (κ3) is 5.76. The molecule has 0 fully saturated rings. The lowest BCUT2D eigenvalue weighted by Gasteiger charge is -2.19. The van der Waals surface area contributed by atoms with Gasteiger partial charge >= 0.3 is 16.4 Å². The summed E-state index contributed by atoms with van der Waals surface area (Å²) in [7, 11) is -4.28. The second-order valence-corrected chi connectivity index (χ2v) is 6.04. The molecule has 0 saturated carbocycles. The topological polar surface area (TPSA) is 128 Å². The molecular weight excluding hydrogens is 288 g/mol.